The van der Waals surface area contributed by atoms with Crippen molar-refractivity contribution in [2.24, 2.45) is 0 Å². The average Bonchev–Trinajstić information content (AvgIpc) is 3.51. The molecule has 6 rings (SSSR count). The van der Waals surface area contributed by atoms with Gasteiger partial charge in [0.15, 0.2) is 0 Å². The Hall–Kier alpha value is -3.00. The number of pyridine rings is 1. The quantitative estimate of drug-likeness (QED) is 0.238. The smallest absolute Gasteiger partial charge is 0.126 e. The highest BCUT2D eigenvalue weighted by Crippen LogP contribution is 2.33. The van der Waals surface area contributed by atoms with Gasteiger partial charge in [-0.1, -0.05) is 29.8 Å². The summed E-state index contributed by atoms with van der Waals surface area (Å²) in [6.07, 6.45) is 10.6. The maximum Gasteiger partial charge on any atom is 0.126 e. The number of aromatic nitrogens is 3. The highest BCUT2D eigenvalue weighted by Gasteiger charge is 2.32. The number of halogens is 2. The van der Waals surface area contributed by atoms with E-state index in [2.05, 4.69) is 40.5 Å². The first-order valence-electron chi connectivity index (χ1n) is 14.3. The van der Waals surface area contributed by atoms with Crippen LogP contribution in [-0.4, -0.2) is 44.9 Å². The van der Waals surface area contributed by atoms with Gasteiger partial charge in [0.05, 0.1) is 34.1 Å². The molecule has 1 unspecified atom stereocenters. The Balaban J connectivity index is 1.10. The summed E-state index contributed by atoms with van der Waals surface area (Å²) in [6, 6.07) is 15.8. The molecule has 6 nitrogen and oxygen atoms in total. The number of hydrogen-bond donors (Lipinski definition) is 2. The Bertz CT molecular complexity index is 1480. The van der Waals surface area contributed by atoms with Crippen LogP contribution in [0.15, 0.2) is 61.1 Å². The molecule has 2 aromatic heterocycles. The summed E-state index contributed by atoms with van der Waals surface area (Å²) in [6.45, 7) is 5.85. The van der Waals surface area contributed by atoms with Gasteiger partial charge in [0, 0.05) is 36.9 Å². The molecular weight excluding hydrogens is 525 g/mol. The van der Waals surface area contributed by atoms with Crippen LogP contribution in [0.4, 0.5) is 10.2 Å². The number of hydrogen-bond acceptors (Lipinski definition) is 5. The topological polar surface area (TPSA) is 64.0 Å². The zero-order valence-corrected chi connectivity index (χ0v) is 23.9. The third kappa shape index (κ3) is 6.32. The molecule has 40 heavy (non-hydrogen) atoms. The lowest BCUT2D eigenvalue weighted by Gasteiger charge is -2.31. The van der Waals surface area contributed by atoms with Crippen LogP contribution in [0.5, 0.6) is 0 Å². The van der Waals surface area contributed by atoms with E-state index in [1.165, 1.54) is 6.07 Å². The van der Waals surface area contributed by atoms with E-state index >= 15 is 0 Å². The second-order valence-electron chi connectivity index (χ2n) is 11.9. The molecule has 0 radical (unpaired) electrons. The minimum atomic E-state index is -0.237. The molecular formula is C32H37ClFN5O. The highest BCUT2D eigenvalue weighted by molar-refractivity contribution is 6.33. The molecule has 2 aliphatic rings. The van der Waals surface area contributed by atoms with Crippen LogP contribution in [-0.2, 0) is 11.3 Å². The van der Waals surface area contributed by atoms with E-state index in [0.717, 1.165) is 78.6 Å². The Kier molecular flexibility index (Phi) is 7.80. The monoisotopic (exact) mass is 561 g/mol. The van der Waals surface area contributed by atoms with Crippen molar-refractivity contribution in [2.45, 2.75) is 82.7 Å². The maximum absolute atomic E-state index is 13.7. The highest BCUT2D eigenvalue weighted by atomic mass is 35.5. The molecule has 0 spiro atoms. The van der Waals surface area contributed by atoms with Gasteiger partial charge in [-0.05, 0) is 93.8 Å². The summed E-state index contributed by atoms with van der Waals surface area (Å²) in [5.74, 6) is 0.601. The predicted molar refractivity (Wildman–Crippen MR) is 159 cm³/mol. The Morgan fingerprint density at radius 1 is 1.02 bits per heavy atom. The Labute approximate surface area is 240 Å². The first-order valence-corrected chi connectivity index (χ1v) is 14.7. The van der Waals surface area contributed by atoms with Crippen LogP contribution < -0.4 is 10.6 Å². The van der Waals surface area contributed by atoms with Gasteiger partial charge in [0.25, 0.3) is 0 Å². The summed E-state index contributed by atoms with van der Waals surface area (Å²) in [4.78, 5) is 9.12. The van der Waals surface area contributed by atoms with E-state index in [1.807, 2.05) is 28.8 Å². The van der Waals surface area contributed by atoms with Gasteiger partial charge >= 0.3 is 0 Å². The third-order valence-corrected chi connectivity index (χ3v) is 8.60. The number of rotatable bonds is 8. The number of fused-ring (bicyclic) bond motifs is 1. The lowest BCUT2D eigenvalue weighted by molar-refractivity contribution is -0.0155. The van der Waals surface area contributed by atoms with Crippen molar-refractivity contribution in [1.29, 1.82) is 0 Å². The number of nitrogens with one attached hydrogen (secondary N) is 2. The van der Waals surface area contributed by atoms with Crippen molar-refractivity contribution in [1.82, 2.24) is 19.9 Å². The van der Waals surface area contributed by atoms with E-state index in [0.29, 0.717) is 29.8 Å². The largest absolute Gasteiger partial charge is 0.371 e. The predicted octanol–water partition coefficient (Wildman–Crippen LogP) is 7.21. The number of anilines is 1. The van der Waals surface area contributed by atoms with Gasteiger partial charge in [-0.25, -0.2) is 14.4 Å². The van der Waals surface area contributed by atoms with E-state index in [9.17, 15) is 4.39 Å². The Morgan fingerprint density at radius 3 is 2.62 bits per heavy atom. The van der Waals surface area contributed by atoms with Gasteiger partial charge < -0.3 is 19.9 Å². The zero-order chi connectivity index (χ0) is 27.7. The SMILES string of the molecule is CC1(C)CCC(CNC2CCC(Nc3cc(-c4ccc5ncn(Cc6cccc(F)c6)c5c4)c(Cl)cn3)CC2)O1. The van der Waals surface area contributed by atoms with E-state index in [4.69, 9.17) is 16.3 Å². The van der Waals surface area contributed by atoms with Crippen molar-refractivity contribution < 1.29 is 9.13 Å². The molecule has 1 atom stereocenters. The molecule has 0 bridgehead atoms. The van der Waals surface area contributed by atoms with Gasteiger partial charge in [-0.15, -0.1) is 0 Å². The van der Waals surface area contributed by atoms with E-state index in [1.54, 1.807) is 24.7 Å². The van der Waals surface area contributed by atoms with Crippen molar-refractivity contribution in [3.05, 3.63) is 77.5 Å². The summed E-state index contributed by atoms with van der Waals surface area (Å²) in [5, 5.41) is 8.00. The molecule has 2 N–H and O–H groups in total. The second-order valence-corrected chi connectivity index (χ2v) is 12.3. The second kappa shape index (κ2) is 11.5. The zero-order valence-electron chi connectivity index (χ0n) is 23.2. The molecule has 2 fully saturated rings. The fourth-order valence-corrected chi connectivity index (χ4v) is 6.30. The lowest BCUT2D eigenvalue weighted by Crippen LogP contribution is -2.40. The molecule has 0 amide bonds. The van der Waals surface area contributed by atoms with Crippen LogP contribution >= 0.6 is 11.6 Å². The van der Waals surface area contributed by atoms with Crippen molar-refractivity contribution in [2.75, 3.05) is 11.9 Å². The molecule has 2 aromatic carbocycles. The molecule has 210 valence electrons. The summed E-state index contributed by atoms with van der Waals surface area (Å²) in [5.41, 5.74) is 4.69. The molecule has 1 saturated carbocycles. The van der Waals surface area contributed by atoms with E-state index in [-0.39, 0.29) is 11.4 Å². The van der Waals surface area contributed by atoms with Crippen molar-refractivity contribution >= 4 is 28.5 Å². The summed E-state index contributed by atoms with van der Waals surface area (Å²) >= 11 is 6.64. The van der Waals surface area contributed by atoms with E-state index < -0.39 is 0 Å². The van der Waals surface area contributed by atoms with Gasteiger partial charge in [-0.2, -0.15) is 0 Å². The Morgan fingerprint density at radius 2 is 1.85 bits per heavy atom. The molecule has 1 saturated heterocycles. The lowest BCUT2D eigenvalue weighted by atomic mass is 9.91. The standard InChI is InChI=1S/C32H37ClFN5O/c1-32(2)13-12-26(40-32)17-35-24-7-9-25(10-8-24)38-31-16-27(28(33)18-36-31)22-6-11-29-30(15-22)39(20-37-29)19-21-4-3-5-23(34)14-21/h3-6,11,14-16,18,20,24-26,35H,7-10,12-13,17,19H2,1-2H3,(H,36,38). The minimum absolute atomic E-state index is 0.0220. The van der Waals surface area contributed by atoms with Crippen molar-refractivity contribution in [3.8, 4) is 11.1 Å². The van der Waals surface area contributed by atoms with Crippen LogP contribution in [0.25, 0.3) is 22.2 Å². The van der Waals surface area contributed by atoms with Crippen LogP contribution in [0, 0.1) is 5.82 Å². The molecule has 8 heteroatoms. The number of nitrogens with zero attached hydrogens (tertiary/aromatic N) is 3. The number of imidazole rings is 1. The van der Waals surface area contributed by atoms with Crippen molar-refractivity contribution in [3.63, 3.8) is 0 Å². The first-order chi connectivity index (χ1) is 19.3. The average molecular weight is 562 g/mol. The third-order valence-electron chi connectivity index (χ3n) is 8.30. The van der Waals surface area contributed by atoms with Crippen LogP contribution in [0.2, 0.25) is 5.02 Å². The minimum Gasteiger partial charge on any atom is -0.371 e. The normalized spacial score (nSPS) is 22.6. The van der Waals surface area contributed by atoms with Crippen LogP contribution in [0.1, 0.15) is 57.9 Å². The number of benzene rings is 2. The first kappa shape index (κ1) is 27.2. The molecule has 3 heterocycles. The van der Waals surface area contributed by atoms with Gasteiger partial charge in [0.2, 0.25) is 0 Å². The molecule has 1 aliphatic heterocycles. The maximum atomic E-state index is 13.7. The summed E-state index contributed by atoms with van der Waals surface area (Å²) in [7, 11) is 0. The molecule has 1 aliphatic carbocycles. The molecule has 4 aromatic rings. The fraction of sp³-hybridized carbons (Fsp3) is 0.438. The van der Waals surface area contributed by atoms with Gasteiger partial charge in [0.1, 0.15) is 11.6 Å². The van der Waals surface area contributed by atoms with Gasteiger partial charge in [-0.3, -0.25) is 0 Å². The van der Waals surface area contributed by atoms with Crippen LogP contribution in [0.3, 0.4) is 0 Å². The summed E-state index contributed by atoms with van der Waals surface area (Å²) < 4.78 is 21.9. The fourth-order valence-electron chi connectivity index (χ4n) is 6.09. The number of ether oxygens (including phenoxy) is 1.